The van der Waals surface area contributed by atoms with Crippen molar-refractivity contribution in [1.29, 1.82) is 0 Å². The van der Waals surface area contributed by atoms with Crippen molar-refractivity contribution in [1.82, 2.24) is 10.2 Å². The molecule has 1 aliphatic heterocycles. The minimum Gasteiger partial charge on any atom is -0.396 e. The van der Waals surface area contributed by atoms with Gasteiger partial charge in [0.05, 0.1) is 0 Å². The maximum absolute atomic E-state index is 9.02. The number of benzene rings is 1. The first-order valence-corrected chi connectivity index (χ1v) is 8.45. The number of hydrogen-bond acceptors (Lipinski definition) is 4. The Morgan fingerprint density at radius 1 is 1.32 bits per heavy atom. The molecular formula is C18H31N3O. The molecule has 1 aromatic carbocycles. The van der Waals surface area contributed by atoms with Crippen LogP contribution in [0.15, 0.2) is 24.3 Å². The summed E-state index contributed by atoms with van der Waals surface area (Å²) >= 11 is 0. The highest BCUT2D eigenvalue weighted by Gasteiger charge is 2.22. The number of piperidine rings is 1. The molecule has 1 unspecified atom stereocenters. The number of likely N-dealkylation sites (tertiary alicyclic amines) is 1. The van der Waals surface area contributed by atoms with E-state index in [9.17, 15) is 0 Å². The van der Waals surface area contributed by atoms with Gasteiger partial charge in [-0.3, -0.25) is 0 Å². The normalized spacial score (nSPS) is 18.4. The number of rotatable bonds is 7. The zero-order valence-corrected chi connectivity index (χ0v) is 14.3. The fourth-order valence-electron chi connectivity index (χ4n) is 3.16. The minimum atomic E-state index is 0.241. The molecule has 1 fully saturated rings. The minimum absolute atomic E-state index is 0.241. The Labute approximate surface area is 135 Å². The van der Waals surface area contributed by atoms with Gasteiger partial charge in [0.25, 0.3) is 0 Å². The van der Waals surface area contributed by atoms with Crippen molar-refractivity contribution in [3.63, 3.8) is 0 Å². The standard InChI is InChI=1S/C18H31N3O/c1-15(10-13-22)19-14-16-6-4-5-7-18(16)21(3)17-8-11-20(2)12-9-17/h4-7,15,17,19,22H,8-14H2,1-3H3. The van der Waals surface area contributed by atoms with Crippen molar-refractivity contribution in [2.24, 2.45) is 0 Å². The van der Waals surface area contributed by atoms with E-state index in [0.717, 1.165) is 13.0 Å². The number of hydrogen-bond donors (Lipinski definition) is 2. The highest BCUT2D eigenvalue weighted by atomic mass is 16.3. The summed E-state index contributed by atoms with van der Waals surface area (Å²) in [5.74, 6) is 0. The van der Waals surface area contributed by atoms with Gasteiger partial charge in [0.15, 0.2) is 0 Å². The molecule has 124 valence electrons. The van der Waals surface area contributed by atoms with Crippen molar-refractivity contribution < 1.29 is 5.11 Å². The summed E-state index contributed by atoms with van der Waals surface area (Å²) in [6.45, 7) is 5.59. The zero-order chi connectivity index (χ0) is 15.9. The summed E-state index contributed by atoms with van der Waals surface area (Å²) in [4.78, 5) is 4.87. The fourth-order valence-corrected chi connectivity index (χ4v) is 3.16. The topological polar surface area (TPSA) is 38.7 Å². The molecule has 0 aliphatic carbocycles. The summed E-state index contributed by atoms with van der Waals surface area (Å²) < 4.78 is 0. The van der Waals surface area contributed by atoms with Crippen molar-refractivity contribution >= 4 is 5.69 Å². The average Bonchev–Trinajstić information content (AvgIpc) is 2.53. The number of anilines is 1. The molecule has 0 amide bonds. The molecule has 1 aliphatic rings. The predicted molar refractivity (Wildman–Crippen MR) is 93.4 cm³/mol. The zero-order valence-electron chi connectivity index (χ0n) is 14.3. The number of aliphatic hydroxyl groups excluding tert-OH is 1. The summed E-state index contributed by atoms with van der Waals surface area (Å²) in [5.41, 5.74) is 2.68. The third-order valence-electron chi connectivity index (χ3n) is 4.81. The molecule has 1 heterocycles. The van der Waals surface area contributed by atoms with Crippen LogP contribution in [0.2, 0.25) is 0 Å². The molecule has 1 aromatic rings. The first-order chi connectivity index (χ1) is 10.6. The summed E-state index contributed by atoms with van der Waals surface area (Å²) in [7, 11) is 4.43. The highest BCUT2D eigenvalue weighted by Crippen LogP contribution is 2.25. The van der Waals surface area contributed by atoms with Gasteiger partial charge in [-0.1, -0.05) is 18.2 Å². The van der Waals surface area contributed by atoms with Crippen LogP contribution in [0.25, 0.3) is 0 Å². The van der Waals surface area contributed by atoms with Gasteiger partial charge in [-0.25, -0.2) is 0 Å². The summed E-state index contributed by atoms with van der Waals surface area (Å²) in [5, 5.41) is 12.5. The molecule has 0 radical (unpaired) electrons. The molecular weight excluding hydrogens is 274 g/mol. The van der Waals surface area contributed by atoms with Crippen LogP contribution in [0, 0.1) is 0 Å². The first kappa shape index (κ1) is 17.3. The van der Waals surface area contributed by atoms with Gasteiger partial charge in [0, 0.05) is 38.0 Å². The van der Waals surface area contributed by atoms with Crippen molar-refractivity contribution in [3.8, 4) is 0 Å². The molecule has 2 rings (SSSR count). The Bertz CT molecular complexity index is 444. The molecule has 22 heavy (non-hydrogen) atoms. The smallest absolute Gasteiger partial charge is 0.0445 e. The maximum atomic E-state index is 9.02. The SMILES string of the molecule is CC(CCO)NCc1ccccc1N(C)C1CCN(C)CC1. The van der Waals surface area contributed by atoms with Crippen LogP contribution in [0.4, 0.5) is 5.69 Å². The largest absolute Gasteiger partial charge is 0.396 e. The monoisotopic (exact) mass is 305 g/mol. The predicted octanol–water partition coefficient (Wildman–Crippen LogP) is 2.08. The fraction of sp³-hybridized carbons (Fsp3) is 0.667. The Balaban J connectivity index is 2.00. The van der Waals surface area contributed by atoms with E-state index in [1.807, 2.05) is 0 Å². The summed E-state index contributed by atoms with van der Waals surface area (Å²) in [6.07, 6.45) is 3.26. The van der Waals surface area contributed by atoms with Crippen molar-refractivity contribution in [2.75, 3.05) is 38.7 Å². The van der Waals surface area contributed by atoms with Gasteiger partial charge in [-0.05, 0) is 58.0 Å². The Hall–Kier alpha value is -1.10. The average molecular weight is 305 g/mol. The lowest BCUT2D eigenvalue weighted by Gasteiger charge is -2.37. The number of nitrogens with zero attached hydrogens (tertiary/aromatic N) is 2. The third-order valence-corrected chi connectivity index (χ3v) is 4.81. The quantitative estimate of drug-likeness (QED) is 0.809. The second-order valence-electron chi connectivity index (χ2n) is 6.57. The molecule has 1 saturated heterocycles. The number of para-hydroxylation sites is 1. The van der Waals surface area contributed by atoms with Gasteiger partial charge in [-0.15, -0.1) is 0 Å². The molecule has 4 heteroatoms. The Morgan fingerprint density at radius 3 is 2.68 bits per heavy atom. The van der Waals surface area contributed by atoms with E-state index in [4.69, 9.17) is 5.11 Å². The van der Waals surface area contributed by atoms with Crippen LogP contribution < -0.4 is 10.2 Å². The summed E-state index contributed by atoms with van der Waals surface area (Å²) in [6, 6.07) is 9.64. The molecule has 2 N–H and O–H groups in total. The van der Waals surface area contributed by atoms with Crippen molar-refractivity contribution in [2.45, 2.75) is 44.8 Å². The Kier molecular flexibility index (Phi) is 6.68. The van der Waals surface area contributed by atoms with E-state index in [1.54, 1.807) is 0 Å². The number of nitrogens with one attached hydrogen (secondary N) is 1. The van der Waals surface area contributed by atoms with Crippen LogP contribution in [-0.4, -0.2) is 55.9 Å². The van der Waals surface area contributed by atoms with Crippen LogP contribution in [0.3, 0.4) is 0 Å². The van der Waals surface area contributed by atoms with E-state index in [2.05, 4.69) is 60.4 Å². The highest BCUT2D eigenvalue weighted by molar-refractivity contribution is 5.54. The van der Waals surface area contributed by atoms with Crippen LogP contribution >= 0.6 is 0 Å². The second-order valence-corrected chi connectivity index (χ2v) is 6.57. The van der Waals surface area contributed by atoms with Crippen LogP contribution in [0.1, 0.15) is 31.7 Å². The van der Waals surface area contributed by atoms with Gasteiger partial charge < -0.3 is 20.2 Å². The molecule has 0 saturated carbocycles. The van der Waals surface area contributed by atoms with Gasteiger partial charge in [-0.2, -0.15) is 0 Å². The lowest BCUT2D eigenvalue weighted by Crippen LogP contribution is -2.42. The molecule has 1 atom stereocenters. The molecule has 0 bridgehead atoms. The van der Waals surface area contributed by atoms with Crippen LogP contribution in [-0.2, 0) is 6.54 Å². The molecule has 4 nitrogen and oxygen atoms in total. The third kappa shape index (κ3) is 4.70. The van der Waals surface area contributed by atoms with E-state index >= 15 is 0 Å². The molecule has 0 spiro atoms. The van der Waals surface area contributed by atoms with Crippen molar-refractivity contribution in [3.05, 3.63) is 29.8 Å². The molecule has 0 aromatic heterocycles. The van der Waals surface area contributed by atoms with Gasteiger partial charge >= 0.3 is 0 Å². The lowest BCUT2D eigenvalue weighted by atomic mass is 10.0. The van der Waals surface area contributed by atoms with E-state index in [1.165, 1.54) is 37.2 Å². The first-order valence-electron chi connectivity index (χ1n) is 8.45. The van der Waals surface area contributed by atoms with E-state index in [0.29, 0.717) is 12.1 Å². The van der Waals surface area contributed by atoms with E-state index < -0.39 is 0 Å². The number of aliphatic hydroxyl groups is 1. The maximum Gasteiger partial charge on any atom is 0.0445 e. The second kappa shape index (κ2) is 8.51. The van der Waals surface area contributed by atoms with E-state index in [-0.39, 0.29) is 6.61 Å². The lowest BCUT2D eigenvalue weighted by molar-refractivity contribution is 0.252. The van der Waals surface area contributed by atoms with Crippen LogP contribution in [0.5, 0.6) is 0 Å². The Morgan fingerprint density at radius 2 is 2.00 bits per heavy atom. The van der Waals surface area contributed by atoms with Gasteiger partial charge in [0.2, 0.25) is 0 Å². The van der Waals surface area contributed by atoms with Gasteiger partial charge in [0.1, 0.15) is 0 Å².